The quantitative estimate of drug-likeness (QED) is 0.677. The van der Waals surface area contributed by atoms with Gasteiger partial charge in [0.15, 0.2) is 0 Å². The maximum Gasteiger partial charge on any atom is 0.248 e. The fraction of sp³-hybridized carbons (Fsp3) is 0.667. The van der Waals surface area contributed by atoms with Crippen molar-refractivity contribution in [2.45, 2.75) is 88.6 Å². The fourth-order valence-electron chi connectivity index (χ4n) is 5.07. The number of halogens is 2. The van der Waals surface area contributed by atoms with Gasteiger partial charge < -0.3 is 9.88 Å². The van der Waals surface area contributed by atoms with E-state index in [1.807, 2.05) is 20.8 Å². The topological polar surface area (TPSA) is 84.3 Å². The number of carbonyl (C=O) groups excluding carboxylic acids is 1. The Balaban J connectivity index is 1.63. The molecule has 1 aliphatic heterocycles. The van der Waals surface area contributed by atoms with Crippen molar-refractivity contribution in [3.8, 4) is 0 Å². The average Bonchev–Trinajstić information content (AvgIpc) is 3.34. The summed E-state index contributed by atoms with van der Waals surface area (Å²) in [4.78, 5) is 16.3. The molecule has 1 atom stereocenters. The number of rotatable bonds is 5. The summed E-state index contributed by atoms with van der Waals surface area (Å²) < 4.78 is 57.4. The highest BCUT2D eigenvalue weighted by Crippen LogP contribution is 2.38. The Labute approximate surface area is 200 Å². The zero-order chi connectivity index (χ0) is 24.9. The van der Waals surface area contributed by atoms with E-state index in [4.69, 9.17) is 4.98 Å². The first kappa shape index (κ1) is 25.0. The van der Waals surface area contributed by atoms with Crippen molar-refractivity contribution in [2.24, 2.45) is 5.92 Å². The summed E-state index contributed by atoms with van der Waals surface area (Å²) in [5, 5.41) is 2.79. The Morgan fingerprint density at radius 3 is 2.50 bits per heavy atom. The number of nitrogens with one attached hydrogen (secondary N) is 1. The third-order valence-corrected chi connectivity index (χ3v) is 8.73. The number of sulfonamides is 1. The van der Waals surface area contributed by atoms with Gasteiger partial charge in [0.1, 0.15) is 5.82 Å². The third-order valence-electron chi connectivity index (χ3n) is 6.86. The second kappa shape index (κ2) is 8.86. The smallest absolute Gasteiger partial charge is 0.248 e. The lowest BCUT2D eigenvalue weighted by Crippen LogP contribution is -2.37. The predicted octanol–water partition coefficient (Wildman–Crippen LogP) is 4.06. The number of amides is 1. The molecule has 1 amide bonds. The minimum Gasteiger partial charge on any atom is -0.352 e. The van der Waals surface area contributed by atoms with Crippen LogP contribution in [-0.2, 0) is 26.8 Å². The van der Waals surface area contributed by atoms with Crippen molar-refractivity contribution in [2.75, 3.05) is 13.1 Å². The first-order valence-electron chi connectivity index (χ1n) is 11.9. The van der Waals surface area contributed by atoms with E-state index < -0.39 is 15.9 Å². The lowest BCUT2D eigenvalue weighted by molar-refractivity contribution is -0.119. The molecule has 4 rings (SSSR count). The summed E-state index contributed by atoms with van der Waals surface area (Å²) in [5.74, 6) is -1.79. The molecular formula is C24H34F2N4O3S. The molecule has 188 valence electrons. The number of benzene rings is 1. The molecule has 10 heteroatoms. The van der Waals surface area contributed by atoms with Crippen molar-refractivity contribution in [3.05, 3.63) is 24.0 Å². The summed E-state index contributed by atoms with van der Waals surface area (Å²) in [6, 6.07) is 4.80. The molecule has 7 nitrogen and oxygen atoms in total. The van der Waals surface area contributed by atoms with Gasteiger partial charge in [-0.3, -0.25) is 4.79 Å². The van der Waals surface area contributed by atoms with E-state index in [1.165, 1.54) is 11.2 Å². The van der Waals surface area contributed by atoms with Gasteiger partial charge >= 0.3 is 0 Å². The number of hydrogen-bond acceptors (Lipinski definition) is 4. The predicted molar refractivity (Wildman–Crippen MR) is 126 cm³/mol. The van der Waals surface area contributed by atoms with Crippen molar-refractivity contribution in [3.63, 3.8) is 0 Å². The molecule has 2 fully saturated rings. The minimum atomic E-state index is -3.73. The van der Waals surface area contributed by atoms with Gasteiger partial charge in [0.05, 0.1) is 15.9 Å². The van der Waals surface area contributed by atoms with Gasteiger partial charge in [0.25, 0.3) is 0 Å². The van der Waals surface area contributed by atoms with E-state index in [1.54, 1.807) is 18.2 Å². The van der Waals surface area contributed by atoms with Crippen LogP contribution < -0.4 is 5.32 Å². The van der Waals surface area contributed by atoms with Crippen LogP contribution in [0.3, 0.4) is 0 Å². The van der Waals surface area contributed by atoms with Crippen molar-refractivity contribution in [1.82, 2.24) is 19.2 Å². The Morgan fingerprint density at radius 2 is 1.88 bits per heavy atom. The summed E-state index contributed by atoms with van der Waals surface area (Å²) in [6.45, 7) is 8.74. The molecule has 0 spiro atoms. The van der Waals surface area contributed by atoms with Gasteiger partial charge in [-0.2, -0.15) is 4.31 Å². The highest BCUT2D eigenvalue weighted by molar-refractivity contribution is 7.89. The Morgan fingerprint density at radius 1 is 1.21 bits per heavy atom. The molecule has 1 saturated carbocycles. The van der Waals surface area contributed by atoms with E-state index in [-0.39, 0.29) is 47.6 Å². The number of imidazole rings is 1. The van der Waals surface area contributed by atoms with Crippen LogP contribution in [-0.4, -0.2) is 53.2 Å². The maximum absolute atomic E-state index is 13.6. The van der Waals surface area contributed by atoms with Crippen LogP contribution in [0.1, 0.15) is 65.6 Å². The monoisotopic (exact) mass is 496 g/mol. The molecule has 0 bridgehead atoms. The number of hydrogen-bond donors (Lipinski definition) is 1. The largest absolute Gasteiger partial charge is 0.352 e. The SMILES string of the molecule is CC(=O)N[C@H]1CCN(S(=O)(=O)c2ccc3c(c2)nc(C(C)(C)C)n3CC2CCC(F)(F)CC2)C1. The van der Waals surface area contributed by atoms with E-state index >= 15 is 0 Å². The van der Waals surface area contributed by atoms with Gasteiger partial charge in [-0.25, -0.2) is 22.2 Å². The average molecular weight is 497 g/mol. The zero-order valence-electron chi connectivity index (χ0n) is 20.3. The molecule has 0 unspecified atom stereocenters. The van der Waals surface area contributed by atoms with E-state index in [2.05, 4.69) is 9.88 Å². The highest BCUT2D eigenvalue weighted by atomic mass is 32.2. The highest BCUT2D eigenvalue weighted by Gasteiger charge is 2.36. The first-order valence-corrected chi connectivity index (χ1v) is 13.4. The molecule has 0 radical (unpaired) electrons. The molecule has 34 heavy (non-hydrogen) atoms. The standard InChI is InChI=1S/C24H34F2N4O3S/c1-16(31)27-18-9-12-29(15-18)34(32,33)19-5-6-21-20(13-19)28-22(23(2,3)4)30(21)14-17-7-10-24(25,26)11-8-17/h5-6,13,17-18H,7-12,14-15H2,1-4H3,(H,27,31)/t18-/m0/s1. The molecule has 1 N–H and O–H groups in total. The first-order chi connectivity index (χ1) is 15.8. The minimum absolute atomic E-state index is 0.0904. The molecule has 2 aliphatic rings. The van der Waals surface area contributed by atoms with E-state index in [0.29, 0.717) is 37.9 Å². The Hall–Kier alpha value is -2.07. The number of carbonyl (C=O) groups is 1. The molecule has 1 aliphatic carbocycles. The lowest BCUT2D eigenvalue weighted by Gasteiger charge is -2.30. The maximum atomic E-state index is 13.6. The fourth-order valence-corrected chi connectivity index (χ4v) is 6.59. The van der Waals surface area contributed by atoms with Crippen LogP contribution in [0.15, 0.2) is 23.1 Å². The number of aromatic nitrogens is 2. The third kappa shape index (κ3) is 5.12. The number of alkyl halides is 2. The van der Waals surface area contributed by atoms with Crippen molar-refractivity contribution in [1.29, 1.82) is 0 Å². The second-order valence-electron chi connectivity index (χ2n) is 10.8. The summed E-state index contributed by atoms with van der Waals surface area (Å²) in [5.41, 5.74) is 1.11. The summed E-state index contributed by atoms with van der Waals surface area (Å²) in [6.07, 6.45) is 1.32. The van der Waals surface area contributed by atoms with E-state index in [0.717, 1.165) is 11.3 Å². The van der Waals surface area contributed by atoms with Gasteiger partial charge in [0.2, 0.25) is 21.9 Å². The van der Waals surface area contributed by atoms with Crippen molar-refractivity contribution < 1.29 is 22.0 Å². The zero-order valence-corrected chi connectivity index (χ0v) is 21.1. The van der Waals surface area contributed by atoms with Crippen LogP contribution in [0, 0.1) is 5.92 Å². The van der Waals surface area contributed by atoms with Gasteiger partial charge in [-0.05, 0) is 43.4 Å². The molecule has 2 heterocycles. The molecule has 1 aromatic carbocycles. The van der Waals surface area contributed by atoms with Crippen LogP contribution in [0.4, 0.5) is 8.78 Å². The molecular weight excluding hydrogens is 462 g/mol. The molecule has 2 aromatic rings. The normalized spacial score (nSPS) is 22.4. The Kier molecular flexibility index (Phi) is 6.52. The Bertz CT molecular complexity index is 1180. The summed E-state index contributed by atoms with van der Waals surface area (Å²) >= 11 is 0. The van der Waals surface area contributed by atoms with Crippen LogP contribution >= 0.6 is 0 Å². The lowest BCUT2D eigenvalue weighted by atomic mass is 9.86. The van der Waals surface area contributed by atoms with Crippen molar-refractivity contribution >= 4 is 27.0 Å². The van der Waals surface area contributed by atoms with Gasteiger partial charge in [-0.1, -0.05) is 20.8 Å². The van der Waals surface area contributed by atoms with Crippen LogP contribution in [0.5, 0.6) is 0 Å². The number of fused-ring (bicyclic) bond motifs is 1. The van der Waals surface area contributed by atoms with Gasteiger partial charge in [-0.15, -0.1) is 0 Å². The van der Waals surface area contributed by atoms with Gasteiger partial charge in [0, 0.05) is 50.9 Å². The van der Waals surface area contributed by atoms with E-state index in [9.17, 15) is 22.0 Å². The molecule has 1 aromatic heterocycles. The number of nitrogens with zero attached hydrogens (tertiary/aromatic N) is 3. The second-order valence-corrected chi connectivity index (χ2v) is 12.7. The molecule has 1 saturated heterocycles. The summed E-state index contributed by atoms with van der Waals surface area (Å²) in [7, 11) is -3.73. The van der Waals surface area contributed by atoms with Crippen LogP contribution in [0.2, 0.25) is 0 Å². The van der Waals surface area contributed by atoms with Crippen LogP contribution in [0.25, 0.3) is 11.0 Å².